The predicted octanol–water partition coefficient (Wildman–Crippen LogP) is 2.39. The molecule has 2 unspecified atom stereocenters. The molecule has 3 nitrogen and oxygen atoms in total. The maximum atomic E-state index is 9.30. The van der Waals surface area contributed by atoms with Crippen LogP contribution in [0.5, 0.6) is 5.75 Å². The van der Waals surface area contributed by atoms with Gasteiger partial charge in [0.25, 0.3) is 0 Å². The third-order valence-electron chi connectivity index (χ3n) is 3.64. The number of aliphatic hydroxyl groups is 1. The van der Waals surface area contributed by atoms with Gasteiger partial charge in [0.2, 0.25) is 0 Å². The van der Waals surface area contributed by atoms with E-state index < -0.39 is 0 Å². The molecule has 1 aromatic rings. The molecule has 3 heteroatoms. The van der Waals surface area contributed by atoms with Crippen LogP contribution in [0.4, 0.5) is 5.69 Å². The summed E-state index contributed by atoms with van der Waals surface area (Å²) in [5.41, 5.74) is 2.43. The smallest absolute Gasteiger partial charge is 0.143 e. The van der Waals surface area contributed by atoms with E-state index >= 15 is 0 Å². The molecule has 0 aliphatic carbocycles. The summed E-state index contributed by atoms with van der Waals surface area (Å²) in [6, 6.07) is 6.48. The summed E-state index contributed by atoms with van der Waals surface area (Å²) < 4.78 is 5.81. The van der Waals surface area contributed by atoms with Crippen molar-refractivity contribution in [3.05, 3.63) is 23.8 Å². The van der Waals surface area contributed by atoms with Gasteiger partial charge < -0.3 is 14.7 Å². The first kappa shape index (κ1) is 12.2. The number of hydrogen-bond donors (Lipinski definition) is 1. The van der Waals surface area contributed by atoms with Gasteiger partial charge in [-0.05, 0) is 30.5 Å². The Morgan fingerprint density at radius 1 is 1.41 bits per heavy atom. The minimum atomic E-state index is -0.141. The van der Waals surface area contributed by atoms with Crippen LogP contribution in [0.15, 0.2) is 18.2 Å². The van der Waals surface area contributed by atoms with Crippen molar-refractivity contribution in [1.82, 2.24) is 0 Å². The third-order valence-corrected chi connectivity index (χ3v) is 3.64. The van der Waals surface area contributed by atoms with Crippen LogP contribution in [0.2, 0.25) is 0 Å². The molecule has 0 saturated heterocycles. The molecule has 1 aliphatic rings. The van der Waals surface area contributed by atoms with Crippen molar-refractivity contribution in [3.8, 4) is 5.75 Å². The molecular formula is C14H21NO2. The van der Waals surface area contributed by atoms with Crippen LogP contribution >= 0.6 is 0 Å². The molecule has 0 saturated carbocycles. The number of nitrogens with zero attached hydrogens (tertiary/aromatic N) is 1. The minimum absolute atomic E-state index is 0.0525. The first-order chi connectivity index (χ1) is 8.04. The summed E-state index contributed by atoms with van der Waals surface area (Å²) in [7, 11) is 2.05. The molecular weight excluding hydrogens is 214 g/mol. The van der Waals surface area contributed by atoms with Crippen LogP contribution < -0.4 is 9.64 Å². The summed E-state index contributed by atoms with van der Waals surface area (Å²) in [6.45, 7) is 6.50. The van der Waals surface area contributed by atoms with Crippen molar-refractivity contribution in [3.63, 3.8) is 0 Å². The first-order valence-electron chi connectivity index (χ1n) is 6.19. The Morgan fingerprint density at radius 2 is 2.12 bits per heavy atom. The maximum Gasteiger partial charge on any atom is 0.143 e. The largest absolute Gasteiger partial charge is 0.484 e. The topological polar surface area (TPSA) is 32.7 Å². The van der Waals surface area contributed by atoms with Gasteiger partial charge in [-0.3, -0.25) is 0 Å². The predicted molar refractivity (Wildman–Crippen MR) is 69.9 cm³/mol. The Hall–Kier alpha value is -1.22. The fourth-order valence-electron chi connectivity index (χ4n) is 2.19. The van der Waals surface area contributed by atoms with E-state index in [9.17, 15) is 5.11 Å². The number of fused-ring (bicyclic) bond motifs is 1. The average molecular weight is 235 g/mol. The van der Waals surface area contributed by atoms with Gasteiger partial charge in [0.15, 0.2) is 0 Å². The summed E-state index contributed by atoms with van der Waals surface area (Å²) in [6.07, 6.45) is -0.141. The Balaban J connectivity index is 2.39. The molecule has 0 bridgehead atoms. The first-order valence-corrected chi connectivity index (χ1v) is 6.19. The van der Waals surface area contributed by atoms with Gasteiger partial charge in [-0.1, -0.05) is 19.9 Å². The van der Waals surface area contributed by atoms with Crippen LogP contribution in [0.25, 0.3) is 0 Å². The molecule has 2 rings (SSSR count). The fraction of sp³-hybridized carbons (Fsp3) is 0.571. The van der Waals surface area contributed by atoms with E-state index in [4.69, 9.17) is 4.74 Å². The zero-order chi connectivity index (χ0) is 12.6. The number of hydrogen-bond acceptors (Lipinski definition) is 3. The van der Waals surface area contributed by atoms with Crippen molar-refractivity contribution in [2.75, 3.05) is 18.6 Å². The number of anilines is 1. The van der Waals surface area contributed by atoms with Crippen molar-refractivity contribution in [1.29, 1.82) is 0 Å². The number of rotatable bonds is 2. The monoisotopic (exact) mass is 235 g/mol. The van der Waals surface area contributed by atoms with Gasteiger partial charge in [-0.2, -0.15) is 0 Å². The molecule has 1 N–H and O–H groups in total. The molecule has 17 heavy (non-hydrogen) atoms. The maximum absolute atomic E-state index is 9.30. The number of likely N-dealkylation sites (N-methyl/N-ethyl adjacent to an activating group) is 1. The fourth-order valence-corrected chi connectivity index (χ4v) is 2.19. The van der Waals surface area contributed by atoms with Crippen LogP contribution in [0.3, 0.4) is 0 Å². The van der Waals surface area contributed by atoms with Crippen molar-refractivity contribution < 1.29 is 9.84 Å². The number of benzene rings is 1. The van der Waals surface area contributed by atoms with Gasteiger partial charge in [-0.15, -0.1) is 0 Å². The van der Waals surface area contributed by atoms with Crippen molar-refractivity contribution >= 4 is 5.69 Å². The quantitative estimate of drug-likeness (QED) is 0.854. The summed E-state index contributed by atoms with van der Waals surface area (Å²) >= 11 is 0. The normalized spacial score (nSPS) is 23.5. The lowest BCUT2D eigenvalue weighted by atomic mass is 10.00. The highest BCUT2D eigenvalue weighted by Crippen LogP contribution is 2.37. The van der Waals surface area contributed by atoms with Crippen LogP contribution in [-0.2, 0) is 0 Å². The Bertz CT molecular complexity index is 403. The molecule has 1 heterocycles. The lowest BCUT2D eigenvalue weighted by Crippen LogP contribution is -2.47. The van der Waals surface area contributed by atoms with E-state index in [2.05, 4.69) is 44.9 Å². The molecule has 1 aromatic carbocycles. The summed E-state index contributed by atoms with van der Waals surface area (Å²) in [4.78, 5) is 2.19. The third kappa shape index (κ3) is 2.12. The molecule has 1 aliphatic heterocycles. The van der Waals surface area contributed by atoms with Crippen molar-refractivity contribution in [2.24, 2.45) is 0 Å². The molecule has 0 aromatic heterocycles. The van der Waals surface area contributed by atoms with E-state index in [0.717, 1.165) is 11.4 Å². The summed E-state index contributed by atoms with van der Waals surface area (Å²) in [5, 5.41) is 9.30. The van der Waals surface area contributed by atoms with E-state index in [0.29, 0.717) is 5.92 Å². The Labute approximate surface area is 103 Å². The standard InChI is InChI=1S/C14H21NO2/c1-9(2)11-5-6-13-12(7-11)15(4)10(3)14(8-16)17-13/h5-7,9-10,14,16H,8H2,1-4H3. The van der Waals surface area contributed by atoms with E-state index in [1.54, 1.807) is 0 Å². The highest BCUT2D eigenvalue weighted by molar-refractivity contribution is 5.62. The second kappa shape index (κ2) is 4.57. The van der Waals surface area contributed by atoms with E-state index in [-0.39, 0.29) is 18.8 Å². The lowest BCUT2D eigenvalue weighted by Gasteiger charge is -2.39. The van der Waals surface area contributed by atoms with Gasteiger partial charge in [-0.25, -0.2) is 0 Å². The number of aliphatic hydroxyl groups excluding tert-OH is 1. The lowest BCUT2D eigenvalue weighted by molar-refractivity contribution is 0.0889. The SMILES string of the molecule is CC(C)c1ccc2c(c1)N(C)C(C)C(CO)O2. The molecule has 94 valence electrons. The average Bonchev–Trinajstić information content (AvgIpc) is 2.33. The van der Waals surface area contributed by atoms with Crippen molar-refractivity contribution in [2.45, 2.75) is 38.8 Å². The highest BCUT2D eigenvalue weighted by Gasteiger charge is 2.30. The molecule has 0 radical (unpaired) electrons. The molecule has 0 spiro atoms. The van der Waals surface area contributed by atoms with Crippen LogP contribution in [0, 0.1) is 0 Å². The second-order valence-corrected chi connectivity index (χ2v) is 5.07. The zero-order valence-electron chi connectivity index (χ0n) is 11.0. The Morgan fingerprint density at radius 3 is 2.71 bits per heavy atom. The minimum Gasteiger partial charge on any atom is -0.484 e. The second-order valence-electron chi connectivity index (χ2n) is 5.07. The van der Waals surface area contributed by atoms with Gasteiger partial charge in [0.1, 0.15) is 11.9 Å². The van der Waals surface area contributed by atoms with E-state index in [1.165, 1.54) is 5.56 Å². The van der Waals surface area contributed by atoms with Crippen LogP contribution in [0.1, 0.15) is 32.3 Å². The summed E-state index contributed by atoms with van der Waals surface area (Å²) in [5.74, 6) is 1.38. The number of ether oxygens (including phenoxy) is 1. The van der Waals surface area contributed by atoms with Gasteiger partial charge in [0, 0.05) is 7.05 Å². The molecule has 0 fully saturated rings. The van der Waals surface area contributed by atoms with Crippen LogP contribution in [-0.4, -0.2) is 30.9 Å². The molecule has 2 atom stereocenters. The zero-order valence-corrected chi connectivity index (χ0v) is 11.0. The Kier molecular flexibility index (Phi) is 3.29. The van der Waals surface area contributed by atoms with Gasteiger partial charge >= 0.3 is 0 Å². The highest BCUT2D eigenvalue weighted by atomic mass is 16.5. The van der Waals surface area contributed by atoms with Gasteiger partial charge in [0.05, 0.1) is 18.3 Å². The molecule has 0 amide bonds. The van der Waals surface area contributed by atoms with E-state index in [1.807, 2.05) is 6.07 Å².